The Labute approximate surface area is 185 Å². The lowest BCUT2D eigenvalue weighted by Gasteiger charge is -2.27. The number of esters is 1. The minimum Gasteiger partial charge on any atom is -0.465 e. The molecule has 0 radical (unpaired) electrons. The summed E-state index contributed by atoms with van der Waals surface area (Å²) < 4.78 is 18.6. The number of hydrogen-bond acceptors (Lipinski definition) is 6. The number of aromatic nitrogens is 2. The van der Waals surface area contributed by atoms with E-state index in [2.05, 4.69) is 19.2 Å². The van der Waals surface area contributed by atoms with Crippen molar-refractivity contribution in [3.05, 3.63) is 17.0 Å². The third-order valence-corrected chi connectivity index (χ3v) is 5.88. The van der Waals surface area contributed by atoms with Crippen molar-refractivity contribution in [1.29, 1.82) is 0 Å². The van der Waals surface area contributed by atoms with Crippen molar-refractivity contribution in [2.75, 3.05) is 39.6 Å². The third kappa shape index (κ3) is 6.53. The van der Waals surface area contributed by atoms with Gasteiger partial charge in [0.05, 0.1) is 29.5 Å². The Morgan fingerprint density at radius 3 is 2.65 bits per heavy atom. The molecule has 1 aromatic rings. The minimum absolute atomic E-state index is 0.0521. The van der Waals surface area contributed by atoms with Crippen molar-refractivity contribution >= 4 is 11.9 Å². The minimum atomic E-state index is -0.315. The van der Waals surface area contributed by atoms with Crippen molar-refractivity contribution in [2.24, 2.45) is 11.3 Å². The van der Waals surface area contributed by atoms with Gasteiger partial charge < -0.3 is 19.5 Å². The summed E-state index contributed by atoms with van der Waals surface area (Å²) in [6.45, 7) is 10.2. The maximum Gasteiger partial charge on any atom is 0.309 e. The quantitative estimate of drug-likeness (QED) is 0.691. The third-order valence-electron chi connectivity index (χ3n) is 5.88. The molecule has 2 aliphatic heterocycles. The Bertz CT molecular complexity index is 753. The average Bonchev–Trinajstić information content (AvgIpc) is 3.08. The molecule has 8 heteroatoms. The summed E-state index contributed by atoms with van der Waals surface area (Å²) in [6, 6.07) is 0. The second-order valence-corrected chi connectivity index (χ2v) is 9.26. The Morgan fingerprint density at radius 2 is 1.90 bits per heavy atom. The van der Waals surface area contributed by atoms with Gasteiger partial charge in [0.2, 0.25) is 0 Å². The van der Waals surface area contributed by atoms with Gasteiger partial charge in [0, 0.05) is 44.9 Å². The van der Waals surface area contributed by atoms with Crippen LogP contribution >= 0.6 is 0 Å². The lowest BCUT2D eigenvalue weighted by molar-refractivity contribution is -0.155. The number of carbonyl (C=O) groups excluding carboxylic acids is 2. The largest absolute Gasteiger partial charge is 0.465 e. The molecule has 0 aromatic carbocycles. The van der Waals surface area contributed by atoms with E-state index < -0.39 is 0 Å². The van der Waals surface area contributed by atoms with E-state index in [1.807, 2.05) is 11.6 Å². The molecule has 1 amide bonds. The zero-order valence-electron chi connectivity index (χ0n) is 19.2. The van der Waals surface area contributed by atoms with Crippen LogP contribution in [0.1, 0.15) is 68.2 Å². The van der Waals surface area contributed by atoms with Crippen molar-refractivity contribution in [3.63, 3.8) is 0 Å². The highest BCUT2D eigenvalue weighted by Crippen LogP contribution is 2.25. The first-order chi connectivity index (χ1) is 14.9. The van der Waals surface area contributed by atoms with Gasteiger partial charge in [0.1, 0.15) is 0 Å². The van der Waals surface area contributed by atoms with Crippen molar-refractivity contribution in [2.45, 2.75) is 65.8 Å². The number of fused-ring (bicyclic) bond motifs is 1. The summed E-state index contributed by atoms with van der Waals surface area (Å²) in [5.74, 6) is -0.257. The fourth-order valence-corrected chi connectivity index (χ4v) is 4.12. The van der Waals surface area contributed by atoms with Crippen LogP contribution in [0.2, 0.25) is 0 Å². The van der Waals surface area contributed by atoms with Crippen LogP contribution in [-0.4, -0.2) is 61.2 Å². The summed E-state index contributed by atoms with van der Waals surface area (Å²) in [4.78, 5) is 25.3. The van der Waals surface area contributed by atoms with E-state index in [0.29, 0.717) is 58.1 Å². The zero-order chi connectivity index (χ0) is 22.3. The molecule has 0 unspecified atom stereocenters. The Balaban J connectivity index is 1.73. The summed E-state index contributed by atoms with van der Waals surface area (Å²) in [5, 5.41) is 7.80. The van der Waals surface area contributed by atoms with E-state index in [4.69, 9.17) is 19.3 Å². The monoisotopic (exact) mass is 435 g/mol. The number of nitrogens with one attached hydrogen (secondary N) is 1. The predicted molar refractivity (Wildman–Crippen MR) is 116 cm³/mol. The van der Waals surface area contributed by atoms with Crippen LogP contribution in [-0.2, 0) is 38.4 Å². The van der Waals surface area contributed by atoms with Crippen LogP contribution in [0.5, 0.6) is 0 Å². The fourth-order valence-electron chi connectivity index (χ4n) is 4.12. The molecule has 1 saturated heterocycles. The molecule has 0 spiro atoms. The first-order valence-corrected chi connectivity index (χ1v) is 11.6. The van der Waals surface area contributed by atoms with Gasteiger partial charge in [-0.05, 0) is 38.5 Å². The molecular weight excluding hydrogens is 398 g/mol. The van der Waals surface area contributed by atoms with Gasteiger partial charge in [-0.1, -0.05) is 20.8 Å². The van der Waals surface area contributed by atoms with Crippen LogP contribution in [0, 0.1) is 11.3 Å². The van der Waals surface area contributed by atoms with Crippen LogP contribution < -0.4 is 5.32 Å². The van der Waals surface area contributed by atoms with Crippen molar-refractivity contribution in [3.8, 4) is 0 Å². The Kier molecular flexibility index (Phi) is 8.49. The Hall–Kier alpha value is -1.93. The molecule has 0 bridgehead atoms. The maximum absolute atomic E-state index is 12.9. The number of amides is 1. The average molecular weight is 436 g/mol. The van der Waals surface area contributed by atoms with Gasteiger partial charge in [0.25, 0.3) is 5.91 Å². The van der Waals surface area contributed by atoms with Gasteiger partial charge in [-0.15, -0.1) is 0 Å². The van der Waals surface area contributed by atoms with E-state index in [9.17, 15) is 9.59 Å². The second kappa shape index (κ2) is 11.1. The van der Waals surface area contributed by atoms with E-state index >= 15 is 0 Å². The molecular formula is C23H37N3O5. The van der Waals surface area contributed by atoms with Gasteiger partial charge in [-0.3, -0.25) is 14.3 Å². The number of carbonyl (C=O) groups is 2. The maximum atomic E-state index is 12.9. The van der Waals surface area contributed by atoms with E-state index in [1.54, 1.807) is 0 Å². The Morgan fingerprint density at radius 1 is 1.19 bits per heavy atom. The molecule has 3 rings (SSSR count). The smallest absolute Gasteiger partial charge is 0.309 e. The second-order valence-electron chi connectivity index (χ2n) is 9.26. The van der Waals surface area contributed by atoms with E-state index in [0.717, 1.165) is 43.5 Å². The van der Waals surface area contributed by atoms with Gasteiger partial charge in [-0.2, -0.15) is 5.10 Å². The molecule has 2 aliphatic rings. The van der Waals surface area contributed by atoms with E-state index in [-0.39, 0.29) is 23.2 Å². The SMILES string of the molecule is CCc1nn(CC(C)(C)COC(=O)C2CCOCC2)c2c1C(=O)NCCCOCCC2. The highest BCUT2D eigenvalue weighted by molar-refractivity contribution is 5.96. The standard InChI is InChI=1S/C23H37N3O5/c1-4-18-20-19(7-5-11-29-12-6-10-24-21(20)27)26(25-18)15-23(2,3)16-31-22(28)17-8-13-30-14-9-17/h17H,4-16H2,1-3H3,(H,24,27). The number of rotatable bonds is 6. The topological polar surface area (TPSA) is 91.7 Å². The first-order valence-electron chi connectivity index (χ1n) is 11.6. The molecule has 0 saturated carbocycles. The summed E-state index contributed by atoms with van der Waals surface area (Å²) in [5.41, 5.74) is 2.16. The number of hydrogen-bond donors (Lipinski definition) is 1. The number of aryl methyl sites for hydroxylation is 1. The van der Waals surface area contributed by atoms with Crippen LogP contribution in [0.3, 0.4) is 0 Å². The van der Waals surface area contributed by atoms with Crippen LogP contribution in [0.15, 0.2) is 0 Å². The number of ether oxygens (including phenoxy) is 3. The highest BCUT2D eigenvalue weighted by Gasteiger charge is 2.29. The van der Waals surface area contributed by atoms with Crippen molar-refractivity contribution in [1.82, 2.24) is 15.1 Å². The number of nitrogens with zero attached hydrogens (tertiary/aromatic N) is 2. The fraction of sp³-hybridized carbons (Fsp3) is 0.783. The molecule has 0 aliphatic carbocycles. The zero-order valence-corrected chi connectivity index (χ0v) is 19.2. The lowest BCUT2D eigenvalue weighted by atomic mass is 9.94. The highest BCUT2D eigenvalue weighted by atomic mass is 16.5. The van der Waals surface area contributed by atoms with Crippen LogP contribution in [0.25, 0.3) is 0 Å². The first kappa shape index (κ1) is 23.7. The molecule has 3 heterocycles. The molecule has 174 valence electrons. The predicted octanol–water partition coefficient (Wildman–Crippen LogP) is 2.52. The van der Waals surface area contributed by atoms with Gasteiger partial charge in [-0.25, -0.2) is 0 Å². The summed E-state index contributed by atoms with van der Waals surface area (Å²) in [6.07, 6.45) is 4.52. The summed E-state index contributed by atoms with van der Waals surface area (Å²) in [7, 11) is 0. The van der Waals surface area contributed by atoms with Crippen LogP contribution in [0.4, 0.5) is 0 Å². The molecule has 31 heavy (non-hydrogen) atoms. The molecule has 8 nitrogen and oxygen atoms in total. The molecule has 0 atom stereocenters. The molecule has 1 fully saturated rings. The van der Waals surface area contributed by atoms with E-state index in [1.165, 1.54) is 0 Å². The lowest BCUT2D eigenvalue weighted by Crippen LogP contribution is -2.32. The molecule has 1 N–H and O–H groups in total. The van der Waals surface area contributed by atoms with Gasteiger partial charge >= 0.3 is 5.97 Å². The van der Waals surface area contributed by atoms with Crippen molar-refractivity contribution < 1.29 is 23.8 Å². The normalized spacial score (nSPS) is 19.3. The molecule has 1 aromatic heterocycles. The summed E-state index contributed by atoms with van der Waals surface area (Å²) >= 11 is 0. The van der Waals surface area contributed by atoms with Gasteiger partial charge in [0.15, 0.2) is 0 Å².